The lowest BCUT2D eigenvalue weighted by atomic mass is 10.1. The fourth-order valence-electron chi connectivity index (χ4n) is 3.18. The highest BCUT2D eigenvalue weighted by molar-refractivity contribution is 6.07. The van der Waals surface area contributed by atoms with Crippen LogP contribution in [0.5, 0.6) is 0 Å². The number of benzene rings is 1. The summed E-state index contributed by atoms with van der Waals surface area (Å²) in [6.45, 7) is 2.33. The van der Waals surface area contributed by atoms with E-state index in [1.807, 2.05) is 35.0 Å². The minimum Gasteiger partial charge on any atom is -0.481 e. The van der Waals surface area contributed by atoms with Gasteiger partial charge in [-0.3, -0.25) is 9.59 Å². The van der Waals surface area contributed by atoms with Crippen molar-refractivity contribution < 1.29 is 24.2 Å². The summed E-state index contributed by atoms with van der Waals surface area (Å²) in [5, 5.41) is 9.83. The average Bonchev–Trinajstić information content (AvgIpc) is 2.98. The number of aliphatic carboxylic acids is 1. The van der Waals surface area contributed by atoms with Gasteiger partial charge in [-0.1, -0.05) is 18.2 Å². The number of aromatic nitrogens is 1. The molecule has 1 aromatic heterocycles. The summed E-state index contributed by atoms with van der Waals surface area (Å²) in [7, 11) is 1.65. The van der Waals surface area contributed by atoms with Crippen LogP contribution in [-0.4, -0.2) is 66.0 Å². The first-order valence-corrected chi connectivity index (χ1v) is 8.29. The predicted molar refractivity (Wildman–Crippen MR) is 91.7 cm³/mol. The van der Waals surface area contributed by atoms with E-state index in [1.54, 1.807) is 12.0 Å². The molecule has 1 aromatic carbocycles. The Morgan fingerprint density at radius 3 is 2.92 bits per heavy atom. The first-order chi connectivity index (χ1) is 12.1. The molecular formula is C18H22N2O5. The van der Waals surface area contributed by atoms with Gasteiger partial charge in [0, 0.05) is 43.8 Å². The van der Waals surface area contributed by atoms with Crippen LogP contribution in [0.1, 0.15) is 16.8 Å². The van der Waals surface area contributed by atoms with Crippen LogP contribution in [0.2, 0.25) is 0 Å². The molecule has 7 heteroatoms. The number of hydrogen-bond donors (Lipinski definition) is 1. The number of hydrogen-bond acceptors (Lipinski definition) is 4. The van der Waals surface area contributed by atoms with Crippen molar-refractivity contribution in [2.75, 3.05) is 33.4 Å². The molecule has 0 saturated carbocycles. The van der Waals surface area contributed by atoms with Crippen LogP contribution in [0, 0.1) is 0 Å². The van der Waals surface area contributed by atoms with Gasteiger partial charge in [0.1, 0.15) is 0 Å². The second-order valence-electron chi connectivity index (χ2n) is 6.09. The molecule has 0 aliphatic carbocycles. The molecule has 1 atom stereocenters. The minimum absolute atomic E-state index is 0.0916. The SMILES string of the molecule is COCCn1cc(C(=O)N2CCOC(CC(=O)O)C2)c2ccccc21. The molecule has 1 fully saturated rings. The third-order valence-corrected chi connectivity index (χ3v) is 4.38. The molecule has 2 heterocycles. The van der Waals surface area contributed by atoms with Crippen LogP contribution < -0.4 is 0 Å². The predicted octanol–water partition coefficient (Wildman–Crippen LogP) is 1.60. The summed E-state index contributed by atoms with van der Waals surface area (Å²) in [5.41, 5.74) is 1.61. The van der Waals surface area contributed by atoms with Gasteiger partial charge in [-0.15, -0.1) is 0 Å². The molecule has 1 N–H and O–H groups in total. The Morgan fingerprint density at radius 2 is 2.16 bits per heavy atom. The van der Waals surface area contributed by atoms with Gasteiger partial charge in [-0.25, -0.2) is 0 Å². The molecule has 1 aliphatic heterocycles. The lowest BCUT2D eigenvalue weighted by Crippen LogP contribution is -2.46. The molecular weight excluding hydrogens is 324 g/mol. The molecule has 134 valence electrons. The van der Waals surface area contributed by atoms with E-state index in [0.717, 1.165) is 10.9 Å². The Balaban J connectivity index is 1.85. The number of ether oxygens (including phenoxy) is 2. The highest BCUT2D eigenvalue weighted by atomic mass is 16.5. The van der Waals surface area contributed by atoms with Gasteiger partial charge in [-0.2, -0.15) is 0 Å². The number of carboxylic acids is 1. The molecule has 0 radical (unpaired) electrons. The number of amides is 1. The largest absolute Gasteiger partial charge is 0.481 e. The molecule has 1 unspecified atom stereocenters. The number of nitrogens with zero attached hydrogens (tertiary/aromatic N) is 2. The van der Waals surface area contributed by atoms with Gasteiger partial charge in [0.05, 0.1) is 31.3 Å². The van der Waals surface area contributed by atoms with Crippen molar-refractivity contribution in [3.63, 3.8) is 0 Å². The van der Waals surface area contributed by atoms with Crippen molar-refractivity contribution in [3.05, 3.63) is 36.0 Å². The van der Waals surface area contributed by atoms with Gasteiger partial charge in [-0.05, 0) is 6.07 Å². The standard InChI is InChI=1S/C18H22N2O5/c1-24-8-6-19-12-15(14-4-2-3-5-16(14)19)18(23)20-7-9-25-13(11-20)10-17(21)22/h2-5,12-13H,6-11H2,1H3,(H,21,22). The summed E-state index contributed by atoms with van der Waals surface area (Å²) in [4.78, 5) is 25.6. The van der Waals surface area contributed by atoms with E-state index >= 15 is 0 Å². The zero-order valence-electron chi connectivity index (χ0n) is 14.2. The summed E-state index contributed by atoms with van der Waals surface area (Å²) in [6, 6.07) is 7.76. The number of morpholine rings is 1. The minimum atomic E-state index is -0.921. The molecule has 0 spiro atoms. The fraction of sp³-hybridized carbons (Fsp3) is 0.444. The summed E-state index contributed by atoms with van der Waals surface area (Å²) < 4.78 is 12.6. The van der Waals surface area contributed by atoms with Crippen molar-refractivity contribution in [3.8, 4) is 0 Å². The zero-order valence-corrected chi connectivity index (χ0v) is 14.2. The molecule has 3 rings (SSSR count). The number of para-hydroxylation sites is 1. The van der Waals surface area contributed by atoms with Crippen molar-refractivity contribution in [1.29, 1.82) is 0 Å². The Labute approximate surface area is 145 Å². The molecule has 7 nitrogen and oxygen atoms in total. The number of rotatable bonds is 6. The highest BCUT2D eigenvalue weighted by Crippen LogP contribution is 2.24. The van der Waals surface area contributed by atoms with E-state index in [4.69, 9.17) is 14.6 Å². The summed E-state index contributed by atoms with van der Waals surface area (Å²) in [6.07, 6.45) is 1.30. The fourth-order valence-corrected chi connectivity index (χ4v) is 3.18. The first-order valence-electron chi connectivity index (χ1n) is 8.29. The van der Waals surface area contributed by atoms with Gasteiger partial charge >= 0.3 is 5.97 Å². The van der Waals surface area contributed by atoms with Crippen LogP contribution >= 0.6 is 0 Å². The maximum absolute atomic E-state index is 13.0. The van der Waals surface area contributed by atoms with E-state index < -0.39 is 12.1 Å². The van der Waals surface area contributed by atoms with Crippen LogP contribution in [-0.2, 0) is 20.8 Å². The van der Waals surface area contributed by atoms with Crippen LogP contribution in [0.4, 0.5) is 0 Å². The van der Waals surface area contributed by atoms with Gasteiger partial charge in [0.2, 0.25) is 0 Å². The quantitative estimate of drug-likeness (QED) is 0.859. The second-order valence-corrected chi connectivity index (χ2v) is 6.09. The number of carbonyl (C=O) groups is 2. The molecule has 1 amide bonds. The van der Waals surface area contributed by atoms with Crippen LogP contribution in [0.25, 0.3) is 10.9 Å². The number of fused-ring (bicyclic) bond motifs is 1. The van der Waals surface area contributed by atoms with Crippen LogP contribution in [0.3, 0.4) is 0 Å². The third-order valence-electron chi connectivity index (χ3n) is 4.38. The second kappa shape index (κ2) is 7.67. The average molecular weight is 346 g/mol. The van der Waals surface area contributed by atoms with Crippen molar-refractivity contribution >= 4 is 22.8 Å². The first kappa shape index (κ1) is 17.4. The molecule has 0 bridgehead atoms. The number of carboxylic acid groups (broad SMARTS) is 1. The van der Waals surface area contributed by atoms with Crippen molar-refractivity contribution in [1.82, 2.24) is 9.47 Å². The third kappa shape index (κ3) is 3.83. The molecule has 1 saturated heterocycles. The highest BCUT2D eigenvalue weighted by Gasteiger charge is 2.28. The van der Waals surface area contributed by atoms with E-state index in [2.05, 4.69) is 0 Å². The monoisotopic (exact) mass is 346 g/mol. The van der Waals surface area contributed by atoms with E-state index in [0.29, 0.717) is 38.4 Å². The Morgan fingerprint density at radius 1 is 1.36 bits per heavy atom. The summed E-state index contributed by atoms with van der Waals surface area (Å²) >= 11 is 0. The number of carbonyl (C=O) groups excluding carboxylic acids is 1. The van der Waals surface area contributed by atoms with E-state index in [9.17, 15) is 9.59 Å². The topological polar surface area (TPSA) is 81.0 Å². The Bertz CT molecular complexity index is 770. The molecule has 2 aromatic rings. The van der Waals surface area contributed by atoms with Gasteiger partial charge in [0.25, 0.3) is 5.91 Å². The lowest BCUT2D eigenvalue weighted by molar-refractivity contribution is -0.141. The van der Waals surface area contributed by atoms with E-state index in [-0.39, 0.29) is 12.3 Å². The summed E-state index contributed by atoms with van der Waals surface area (Å²) in [5.74, 6) is -1.01. The van der Waals surface area contributed by atoms with Gasteiger partial charge < -0.3 is 24.0 Å². The molecule has 25 heavy (non-hydrogen) atoms. The normalized spacial score (nSPS) is 17.8. The Kier molecular flexibility index (Phi) is 5.35. The maximum Gasteiger partial charge on any atom is 0.306 e. The maximum atomic E-state index is 13.0. The molecule has 1 aliphatic rings. The van der Waals surface area contributed by atoms with E-state index in [1.165, 1.54) is 0 Å². The van der Waals surface area contributed by atoms with Crippen molar-refractivity contribution in [2.24, 2.45) is 0 Å². The number of methoxy groups -OCH3 is 1. The zero-order chi connectivity index (χ0) is 17.8. The smallest absolute Gasteiger partial charge is 0.306 e. The lowest BCUT2D eigenvalue weighted by Gasteiger charge is -2.32. The Hall–Kier alpha value is -2.38. The van der Waals surface area contributed by atoms with Crippen LogP contribution in [0.15, 0.2) is 30.5 Å². The van der Waals surface area contributed by atoms with Gasteiger partial charge in [0.15, 0.2) is 0 Å². The van der Waals surface area contributed by atoms with Crippen molar-refractivity contribution in [2.45, 2.75) is 19.1 Å².